The number of halogens is 2. The molecule has 1 unspecified atom stereocenters. The van der Waals surface area contributed by atoms with Crippen LogP contribution in [0.5, 0.6) is 0 Å². The first-order valence-corrected chi connectivity index (χ1v) is 15.2. The number of amides is 2. The molecule has 218 valence electrons. The number of hydrogen-bond acceptors (Lipinski definition) is 6. The SMILES string of the molecule is COC(=O)[C@H](Cc1ccc(NC(=O)c2c(Cl)cccc2Cl)cc1)NC(=O)[C@H]1CC[C@@](C)(C(=O)O)C1(C)C.[B][P+](C)=O. The highest BCUT2D eigenvalue weighted by atomic mass is 35.5. The van der Waals surface area contributed by atoms with E-state index in [0.29, 0.717) is 24.1 Å². The van der Waals surface area contributed by atoms with Crippen molar-refractivity contribution < 1.29 is 33.6 Å². The molecule has 0 aromatic heterocycles. The third kappa shape index (κ3) is 8.31. The third-order valence-electron chi connectivity index (χ3n) is 7.66. The standard InChI is InChI=1S/C27H30Cl2N2O6.CH3BOP/c1-26(2)17(12-13-27(26,3)25(35)36)22(32)31-20(24(34)37-4)14-15-8-10-16(11-9-15)30-23(33)21-18(28)6-5-7-19(21)29;1-4(2)3/h5-11,17,20H,12-14H2,1-4H3,(H,30,33)(H,31,32)(H,35,36);1H3/q;+1/t17-,20+,27+;/m1./s1. The van der Waals surface area contributed by atoms with Gasteiger partial charge in [0, 0.05) is 18.0 Å². The van der Waals surface area contributed by atoms with Crippen LogP contribution in [0.4, 0.5) is 5.69 Å². The number of benzene rings is 2. The molecule has 1 fully saturated rings. The molecule has 3 rings (SSSR count). The number of carbonyl (C=O) groups is 4. The fourth-order valence-electron chi connectivity index (χ4n) is 4.82. The lowest BCUT2D eigenvalue weighted by molar-refractivity contribution is -0.156. The van der Waals surface area contributed by atoms with Crippen molar-refractivity contribution in [3.63, 3.8) is 0 Å². The predicted molar refractivity (Wildman–Crippen MR) is 160 cm³/mol. The lowest BCUT2D eigenvalue weighted by Crippen LogP contribution is -2.50. The first kappa shape index (κ1) is 34.3. The topological polar surface area (TPSA) is 139 Å². The van der Waals surface area contributed by atoms with Crippen LogP contribution in [-0.4, -0.2) is 56.2 Å². The summed E-state index contributed by atoms with van der Waals surface area (Å²) in [6.45, 7) is 6.65. The Labute approximate surface area is 251 Å². The summed E-state index contributed by atoms with van der Waals surface area (Å²) in [5.74, 6) is -2.98. The number of nitrogens with one attached hydrogen (secondary N) is 2. The van der Waals surface area contributed by atoms with Crippen molar-refractivity contribution in [2.24, 2.45) is 16.7 Å². The van der Waals surface area contributed by atoms with E-state index in [4.69, 9.17) is 27.9 Å². The summed E-state index contributed by atoms with van der Waals surface area (Å²) in [5.41, 5.74) is -0.495. The Kier molecular flexibility index (Phi) is 12.0. The quantitative estimate of drug-likeness (QED) is 0.201. The molecule has 4 atom stereocenters. The molecule has 0 saturated heterocycles. The maximum Gasteiger partial charge on any atom is 0.502 e. The number of ether oxygens (including phenoxy) is 1. The summed E-state index contributed by atoms with van der Waals surface area (Å²) in [7, 11) is 4.49. The highest BCUT2D eigenvalue weighted by Gasteiger charge is 2.58. The van der Waals surface area contributed by atoms with Gasteiger partial charge in [-0.2, -0.15) is 0 Å². The van der Waals surface area contributed by atoms with Crippen molar-refractivity contribution in [3.05, 3.63) is 63.6 Å². The molecular formula is C28H33BCl2N2O7P+. The van der Waals surface area contributed by atoms with E-state index in [1.807, 2.05) is 0 Å². The summed E-state index contributed by atoms with van der Waals surface area (Å²) in [4.78, 5) is 50.2. The van der Waals surface area contributed by atoms with E-state index in [0.717, 1.165) is 0 Å². The van der Waals surface area contributed by atoms with E-state index < -0.39 is 48.3 Å². The molecule has 0 aliphatic heterocycles. The zero-order valence-electron chi connectivity index (χ0n) is 23.5. The van der Waals surface area contributed by atoms with Gasteiger partial charge in [0.1, 0.15) is 12.7 Å². The van der Waals surface area contributed by atoms with Crippen LogP contribution >= 0.6 is 30.9 Å². The molecule has 0 bridgehead atoms. The summed E-state index contributed by atoms with van der Waals surface area (Å²) in [6.07, 6.45) is 0.911. The molecule has 3 N–H and O–H groups in total. The van der Waals surface area contributed by atoms with Crippen LogP contribution in [0.3, 0.4) is 0 Å². The summed E-state index contributed by atoms with van der Waals surface area (Å²) in [6, 6.07) is 10.6. The molecule has 9 nitrogen and oxygen atoms in total. The van der Waals surface area contributed by atoms with Gasteiger partial charge in [-0.3, -0.25) is 14.4 Å². The number of anilines is 1. The Morgan fingerprint density at radius 3 is 2.10 bits per heavy atom. The second kappa shape index (κ2) is 14.3. The second-order valence-corrected chi connectivity index (χ2v) is 12.4. The normalized spacial score (nSPS) is 20.1. The lowest BCUT2D eigenvalue weighted by atomic mass is 9.65. The van der Waals surface area contributed by atoms with Crippen molar-refractivity contribution in [1.29, 1.82) is 0 Å². The van der Waals surface area contributed by atoms with Gasteiger partial charge in [-0.25, -0.2) is 4.79 Å². The van der Waals surface area contributed by atoms with Gasteiger partial charge in [-0.1, -0.05) is 55.2 Å². The number of aliphatic carboxylic acids is 1. The third-order valence-corrected chi connectivity index (χ3v) is 8.29. The van der Waals surface area contributed by atoms with Crippen LogP contribution in [0.2, 0.25) is 10.0 Å². The van der Waals surface area contributed by atoms with E-state index in [1.165, 1.54) is 13.8 Å². The number of methoxy groups -OCH3 is 1. The van der Waals surface area contributed by atoms with Gasteiger partial charge < -0.3 is 20.5 Å². The zero-order chi connectivity index (χ0) is 31.1. The molecule has 2 aromatic carbocycles. The monoisotopic (exact) mass is 621 g/mol. The van der Waals surface area contributed by atoms with Crippen LogP contribution in [0.25, 0.3) is 0 Å². The number of carboxylic acids is 1. The van der Waals surface area contributed by atoms with E-state index in [-0.39, 0.29) is 27.9 Å². The van der Waals surface area contributed by atoms with Gasteiger partial charge in [0.2, 0.25) is 5.91 Å². The number of carbonyl (C=O) groups excluding carboxylic acids is 3. The van der Waals surface area contributed by atoms with Crippen LogP contribution in [0.15, 0.2) is 42.5 Å². The number of rotatable bonds is 8. The largest absolute Gasteiger partial charge is 0.502 e. The van der Waals surface area contributed by atoms with E-state index >= 15 is 0 Å². The Bertz CT molecular complexity index is 1300. The minimum Gasteiger partial charge on any atom is -0.481 e. The molecule has 2 radical (unpaired) electrons. The number of esters is 1. The zero-order valence-corrected chi connectivity index (χ0v) is 25.9. The number of hydrogen-bond donors (Lipinski definition) is 3. The fourth-order valence-corrected chi connectivity index (χ4v) is 5.39. The van der Waals surface area contributed by atoms with Crippen molar-refractivity contribution >= 4 is 67.9 Å². The lowest BCUT2D eigenvalue weighted by Gasteiger charge is -2.38. The van der Waals surface area contributed by atoms with Gasteiger partial charge in [-0.05, 0) is 55.0 Å². The van der Waals surface area contributed by atoms with Gasteiger partial charge in [0.05, 0.1) is 28.1 Å². The Hall–Kier alpha value is -2.94. The average molecular weight is 622 g/mol. The van der Waals surface area contributed by atoms with Gasteiger partial charge in [0.25, 0.3) is 13.6 Å². The summed E-state index contributed by atoms with van der Waals surface area (Å²) >= 11 is 12.2. The van der Waals surface area contributed by atoms with Crippen molar-refractivity contribution in [2.45, 2.75) is 46.1 Å². The smallest absolute Gasteiger partial charge is 0.481 e. The second-order valence-electron chi connectivity index (χ2n) is 10.5. The van der Waals surface area contributed by atoms with Gasteiger partial charge >= 0.3 is 19.5 Å². The maximum atomic E-state index is 13.2. The van der Waals surface area contributed by atoms with Crippen molar-refractivity contribution in [1.82, 2.24) is 5.32 Å². The molecule has 1 saturated carbocycles. The number of carboxylic acid groups (broad SMARTS) is 1. The van der Waals surface area contributed by atoms with E-state index in [1.54, 1.807) is 63.2 Å². The fraction of sp³-hybridized carbons (Fsp3) is 0.429. The minimum atomic E-state index is -1.37. The van der Waals surface area contributed by atoms with E-state index in [2.05, 4.69) is 18.2 Å². The van der Waals surface area contributed by atoms with E-state index in [9.17, 15) is 28.8 Å². The highest BCUT2D eigenvalue weighted by molar-refractivity contribution is 7.71. The van der Waals surface area contributed by atoms with Crippen LogP contribution < -0.4 is 10.6 Å². The Balaban J connectivity index is 0.00000138. The molecule has 1 aliphatic carbocycles. The van der Waals surface area contributed by atoms with Crippen molar-refractivity contribution in [2.75, 3.05) is 19.1 Å². The Morgan fingerprint density at radius 2 is 1.63 bits per heavy atom. The van der Waals surface area contributed by atoms with Crippen LogP contribution in [-0.2, 0) is 30.1 Å². The van der Waals surface area contributed by atoms with Gasteiger partial charge in [-0.15, -0.1) is 4.57 Å². The Morgan fingerprint density at radius 1 is 1.10 bits per heavy atom. The highest BCUT2D eigenvalue weighted by Crippen LogP contribution is 2.56. The molecule has 0 heterocycles. The molecule has 41 heavy (non-hydrogen) atoms. The predicted octanol–water partition coefficient (Wildman–Crippen LogP) is 5.50. The first-order chi connectivity index (χ1) is 19.0. The van der Waals surface area contributed by atoms with Crippen LogP contribution in [0, 0.1) is 16.7 Å². The molecule has 13 heteroatoms. The first-order valence-electron chi connectivity index (χ1n) is 12.7. The average Bonchev–Trinajstić information content (AvgIpc) is 3.13. The minimum absolute atomic E-state index is 0.145. The van der Waals surface area contributed by atoms with Gasteiger partial charge in [0.15, 0.2) is 0 Å². The summed E-state index contributed by atoms with van der Waals surface area (Å²) < 4.78 is 14.3. The van der Waals surface area contributed by atoms with Crippen LogP contribution in [0.1, 0.15) is 49.5 Å². The summed E-state index contributed by atoms with van der Waals surface area (Å²) in [5, 5.41) is 15.7. The maximum absolute atomic E-state index is 13.2. The molecule has 1 aliphatic rings. The molecule has 2 aromatic rings. The van der Waals surface area contributed by atoms with Crippen molar-refractivity contribution in [3.8, 4) is 0 Å². The molecular weight excluding hydrogens is 589 g/mol. The molecule has 2 amide bonds. The molecule has 0 spiro atoms.